The van der Waals surface area contributed by atoms with Gasteiger partial charge < -0.3 is 0 Å². The Labute approximate surface area is 145 Å². The molecule has 0 bridgehead atoms. The molecule has 0 aliphatic carbocycles. The molecule has 0 spiro atoms. The minimum absolute atomic E-state index is 0.0173. The number of nitro benzene ring substituents is 1. The fourth-order valence-electron chi connectivity index (χ4n) is 2.15. The number of non-ortho nitro benzene ring substituents is 1. The molecule has 5 nitrogen and oxygen atoms in total. The lowest BCUT2D eigenvalue weighted by atomic mass is 10.2. The Kier molecular flexibility index (Phi) is 4.41. The van der Waals surface area contributed by atoms with E-state index in [2.05, 4.69) is 0 Å². The summed E-state index contributed by atoms with van der Waals surface area (Å²) in [6.45, 7) is 0. The summed E-state index contributed by atoms with van der Waals surface area (Å²) in [6.07, 6.45) is 1.67. The molecule has 1 aliphatic rings. The van der Waals surface area contributed by atoms with Crippen LogP contribution >= 0.6 is 24.0 Å². The van der Waals surface area contributed by atoms with E-state index in [1.165, 1.54) is 35.2 Å². The summed E-state index contributed by atoms with van der Waals surface area (Å²) >= 11 is 6.25. The second kappa shape index (κ2) is 6.50. The van der Waals surface area contributed by atoms with Crippen LogP contribution in [0.25, 0.3) is 6.08 Å². The van der Waals surface area contributed by atoms with Crippen molar-refractivity contribution in [2.45, 2.75) is 0 Å². The van der Waals surface area contributed by atoms with E-state index < -0.39 is 10.7 Å². The number of benzene rings is 2. The van der Waals surface area contributed by atoms with Crippen LogP contribution in [0.1, 0.15) is 5.56 Å². The molecule has 0 atom stereocenters. The predicted octanol–water partition coefficient (Wildman–Crippen LogP) is 4.78. The summed E-state index contributed by atoms with van der Waals surface area (Å²) in [5, 5.41) is 10.3. The highest BCUT2D eigenvalue weighted by molar-refractivity contribution is 8.20. The molecule has 1 aliphatic heterocycles. The minimum Gasteiger partial charge on any atom is -0.261 e. The van der Waals surface area contributed by atoms with E-state index in [-0.39, 0.29) is 15.9 Å². The second-order valence-electron chi connectivity index (χ2n) is 4.85. The third kappa shape index (κ3) is 3.19. The predicted molar refractivity (Wildman–Crippen MR) is 95.5 cm³/mol. The molecule has 1 heterocycles. The van der Waals surface area contributed by atoms with Crippen molar-refractivity contribution in [3.8, 4) is 0 Å². The van der Waals surface area contributed by atoms with Crippen molar-refractivity contribution in [2.24, 2.45) is 0 Å². The molecule has 1 saturated heterocycles. The smallest absolute Gasteiger partial charge is 0.261 e. The number of carbonyl (C=O) groups excluding carboxylic acids is 1. The fraction of sp³-hybridized carbons (Fsp3) is 0. The quantitative estimate of drug-likeness (QED) is 0.341. The maximum Gasteiger partial charge on any atom is 0.296 e. The number of hydrogen-bond acceptors (Lipinski definition) is 5. The SMILES string of the molecule is O=C1SC(=Cc2ccc([N+](=O)[O-])cc2)C(=S)N1c1cccc(F)c1. The molecular formula is C16H9FN2O3S2. The van der Waals surface area contributed by atoms with Gasteiger partial charge in [-0.3, -0.25) is 19.8 Å². The topological polar surface area (TPSA) is 63.4 Å². The summed E-state index contributed by atoms with van der Waals surface area (Å²) < 4.78 is 13.4. The Hall–Kier alpha value is -2.58. The molecule has 2 aromatic carbocycles. The number of thioether (sulfide) groups is 1. The molecule has 1 fully saturated rings. The average molecular weight is 360 g/mol. The van der Waals surface area contributed by atoms with Crippen LogP contribution in [0, 0.1) is 15.9 Å². The van der Waals surface area contributed by atoms with Crippen molar-refractivity contribution in [2.75, 3.05) is 4.90 Å². The third-order valence-electron chi connectivity index (χ3n) is 3.26. The lowest BCUT2D eigenvalue weighted by molar-refractivity contribution is -0.384. The number of nitrogens with zero attached hydrogens (tertiary/aromatic N) is 2. The van der Waals surface area contributed by atoms with Gasteiger partial charge in [0.2, 0.25) is 0 Å². The van der Waals surface area contributed by atoms with Gasteiger partial charge in [-0.15, -0.1) is 0 Å². The number of thiocarbonyl (C=S) groups is 1. The van der Waals surface area contributed by atoms with Crippen molar-refractivity contribution in [1.29, 1.82) is 0 Å². The van der Waals surface area contributed by atoms with Crippen LogP contribution in [-0.2, 0) is 0 Å². The Morgan fingerprint density at radius 1 is 1.21 bits per heavy atom. The van der Waals surface area contributed by atoms with Crippen molar-refractivity contribution in [3.63, 3.8) is 0 Å². The zero-order valence-corrected chi connectivity index (χ0v) is 13.6. The minimum atomic E-state index is -0.485. The highest BCUT2D eigenvalue weighted by Gasteiger charge is 2.33. The molecular weight excluding hydrogens is 351 g/mol. The first-order chi connectivity index (χ1) is 11.5. The molecule has 0 unspecified atom stereocenters. The van der Waals surface area contributed by atoms with E-state index in [0.29, 0.717) is 16.2 Å². The molecule has 3 rings (SSSR count). The van der Waals surface area contributed by atoms with Crippen molar-refractivity contribution >= 4 is 51.7 Å². The summed E-state index contributed by atoms with van der Waals surface area (Å²) in [6, 6.07) is 11.5. The molecule has 0 radical (unpaired) electrons. The molecule has 24 heavy (non-hydrogen) atoms. The van der Waals surface area contributed by atoms with Gasteiger partial charge in [0.05, 0.1) is 15.5 Å². The van der Waals surface area contributed by atoms with Gasteiger partial charge in [-0.1, -0.05) is 18.3 Å². The normalized spacial score (nSPS) is 16.0. The van der Waals surface area contributed by atoms with Crippen molar-refractivity contribution in [3.05, 3.63) is 74.9 Å². The number of anilines is 1. The van der Waals surface area contributed by atoms with Gasteiger partial charge >= 0.3 is 0 Å². The van der Waals surface area contributed by atoms with Gasteiger partial charge in [0.25, 0.3) is 10.9 Å². The second-order valence-corrected chi connectivity index (χ2v) is 6.23. The van der Waals surface area contributed by atoms with E-state index >= 15 is 0 Å². The summed E-state index contributed by atoms with van der Waals surface area (Å²) in [5.41, 5.74) is 1.03. The number of halogens is 1. The molecule has 8 heteroatoms. The maximum atomic E-state index is 13.4. The van der Waals surface area contributed by atoms with E-state index in [1.807, 2.05) is 0 Å². The molecule has 0 N–H and O–H groups in total. The number of nitro groups is 1. The van der Waals surface area contributed by atoms with Gasteiger partial charge in [0.15, 0.2) is 0 Å². The van der Waals surface area contributed by atoms with Crippen LogP contribution in [0.5, 0.6) is 0 Å². The first-order valence-electron chi connectivity index (χ1n) is 6.74. The summed E-state index contributed by atoms with van der Waals surface area (Å²) in [7, 11) is 0. The lowest BCUT2D eigenvalue weighted by Crippen LogP contribution is -2.26. The molecule has 2 aromatic rings. The van der Waals surface area contributed by atoms with Gasteiger partial charge in [0, 0.05) is 12.1 Å². The Morgan fingerprint density at radius 2 is 1.92 bits per heavy atom. The van der Waals surface area contributed by atoms with E-state index in [4.69, 9.17) is 12.2 Å². The Balaban J connectivity index is 1.89. The molecule has 120 valence electrons. The monoisotopic (exact) mass is 360 g/mol. The van der Waals surface area contributed by atoms with Gasteiger partial charge in [-0.05, 0) is 53.7 Å². The highest BCUT2D eigenvalue weighted by atomic mass is 32.2. The van der Waals surface area contributed by atoms with Crippen molar-refractivity contribution in [1.82, 2.24) is 0 Å². The molecule has 0 saturated carbocycles. The van der Waals surface area contributed by atoms with E-state index in [0.717, 1.165) is 11.8 Å². The van der Waals surface area contributed by atoms with Gasteiger partial charge in [-0.2, -0.15) is 0 Å². The van der Waals surface area contributed by atoms with Gasteiger partial charge in [0.1, 0.15) is 10.8 Å². The first-order valence-corrected chi connectivity index (χ1v) is 7.96. The van der Waals surface area contributed by atoms with Crippen LogP contribution in [0.3, 0.4) is 0 Å². The first kappa shape index (κ1) is 16.3. The summed E-state index contributed by atoms with van der Waals surface area (Å²) in [5.74, 6) is -0.458. The fourth-order valence-corrected chi connectivity index (χ4v) is 3.43. The largest absolute Gasteiger partial charge is 0.296 e. The van der Waals surface area contributed by atoms with Crippen LogP contribution in [0.2, 0.25) is 0 Å². The maximum absolute atomic E-state index is 13.4. The zero-order valence-electron chi connectivity index (χ0n) is 12.0. The molecule has 0 aromatic heterocycles. The highest BCUT2D eigenvalue weighted by Crippen LogP contribution is 2.36. The number of amides is 1. The van der Waals surface area contributed by atoms with Crippen LogP contribution in [0.15, 0.2) is 53.4 Å². The van der Waals surface area contributed by atoms with Crippen LogP contribution in [0.4, 0.5) is 20.6 Å². The van der Waals surface area contributed by atoms with Crippen molar-refractivity contribution < 1.29 is 14.1 Å². The number of hydrogen-bond donors (Lipinski definition) is 0. The van der Waals surface area contributed by atoms with Crippen LogP contribution < -0.4 is 4.90 Å². The van der Waals surface area contributed by atoms with E-state index in [9.17, 15) is 19.3 Å². The third-order valence-corrected chi connectivity index (χ3v) is 4.68. The average Bonchev–Trinajstić information content (AvgIpc) is 2.82. The lowest BCUT2D eigenvalue weighted by Gasteiger charge is -2.14. The Morgan fingerprint density at radius 3 is 2.54 bits per heavy atom. The molecule has 1 amide bonds. The standard InChI is InChI=1S/C16H9FN2O3S2/c17-11-2-1-3-13(9-11)18-15(23)14(24-16(18)20)8-10-4-6-12(7-5-10)19(21)22/h1-9H. The van der Waals surface area contributed by atoms with E-state index in [1.54, 1.807) is 24.3 Å². The number of rotatable bonds is 3. The van der Waals surface area contributed by atoms with Gasteiger partial charge in [-0.25, -0.2) is 4.39 Å². The van der Waals surface area contributed by atoms with Crippen LogP contribution in [-0.4, -0.2) is 15.2 Å². The number of carbonyl (C=O) groups is 1. The zero-order chi connectivity index (χ0) is 17.3. The summed E-state index contributed by atoms with van der Waals surface area (Å²) in [4.78, 5) is 24.4. The Bertz CT molecular complexity index is 881.